The number of hydrogen-bond acceptors (Lipinski definition) is 6. The van der Waals surface area contributed by atoms with Crippen molar-refractivity contribution in [3.8, 4) is 17.2 Å². The normalized spacial score (nSPS) is 10.1. The van der Waals surface area contributed by atoms with Gasteiger partial charge in [-0.25, -0.2) is 4.79 Å². The summed E-state index contributed by atoms with van der Waals surface area (Å²) in [5.41, 5.74) is 0.777. The Bertz CT molecular complexity index is 808. The molecule has 0 spiro atoms. The fourth-order valence-electron chi connectivity index (χ4n) is 2.12. The fraction of sp³-hybridized carbons (Fsp3) is 0.222. The molecule has 0 unspecified atom stereocenters. The Morgan fingerprint density at radius 2 is 1.81 bits per heavy atom. The molecule has 2 rings (SSSR count). The van der Waals surface area contributed by atoms with Gasteiger partial charge in [0.15, 0.2) is 18.1 Å². The Hall–Kier alpha value is -2.74. The Kier molecular flexibility index (Phi) is 6.85. The first-order valence-electron chi connectivity index (χ1n) is 7.58. The third-order valence-electron chi connectivity index (χ3n) is 3.45. The molecule has 0 atom stereocenters. The molecule has 2 aromatic carbocycles. The van der Waals surface area contributed by atoms with Gasteiger partial charge in [0.1, 0.15) is 11.3 Å². The van der Waals surface area contributed by atoms with Crippen LogP contribution in [0.2, 0.25) is 0 Å². The third-order valence-corrected chi connectivity index (χ3v) is 3.94. The average Bonchev–Trinajstić information content (AvgIpc) is 2.65. The molecule has 2 N–H and O–H groups in total. The molecule has 0 radical (unpaired) electrons. The van der Waals surface area contributed by atoms with Crippen molar-refractivity contribution in [2.75, 3.05) is 20.8 Å². The minimum atomic E-state index is -0.787. The van der Waals surface area contributed by atoms with Gasteiger partial charge in [-0.1, -0.05) is 22.0 Å². The molecule has 1 amide bonds. The molecule has 0 aliphatic carbocycles. The zero-order valence-corrected chi connectivity index (χ0v) is 15.8. The average molecular weight is 424 g/mol. The number of phenols is 1. The number of aromatic hydroxyl groups is 1. The fourth-order valence-corrected chi connectivity index (χ4v) is 2.48. The Morgan fingerprint density at radius 1 is 1.08 bits per heavy atom. The zero-order chi connectivity index (χ0) is 19.1. The number of hydrogen-bond donors (Lipinski definition) is 2. The third kappa shape index (κ3) is 5.13. The lowest BCUT2D eigenvalue weighted by molar-refractivity contribution is -0.124. The van der Waals surface area contributed by atoms with E-state index in [0.29, 0.717) is 16.0 Å². The molecule has 0 aliphatic heterocycles. The van der Waals surface area contributed by atoms with E-state index in [2.05, 4.69) is 21.2 Å². The summed E-state index contributed by atoms with van der Waals surface area (Å²) in [4.78, 5) is 23.8. The Labute approximate surface area is 159 Å². The van der Waals surface area contributed by atoms with Gasteiger partial charge in [-0.05, 0) is 35.9 Å². The maximum Gasteiger partial charge on any atom is 0.342 e. The highest BCUT2D eigenvalue weighted by molar-refractivity contribution is 9.10. The quantitative estimate of drug-likeness (QED) is 0.664. The summed E-state index contributed by atoms with van der Waals surface area (Å²) in [6.45, 7) is -0.225. The molecule has 26 heavy (non-hydrogen) atoms. The van der Waals surface area contributed by atoms with Crippen LogP contribution in [0, 0.1) is 0 Å². The number of methoxy groups -OCH3 is 2. The van der Waals surface area contributed by atoms with E-state index in [-0.39, 0.29) is 17.9 Å². The highest BCUT2D eigenvalue weighted by Crippen LogP contribution is 2.27. The predicted octanol–water partition coefficient (Wildman–Crippen LogP) is 2.65. The van der Waals surface area contributed by atoms with Crippen molar-refractivity contribution < 1.29 is 28.9 Å². The second kappa shape index (κ2) is 9.10. The highest BCUT2D eigenvalue weighted by atomic mass is 79.9. The van der Waals surface area contributed by atoms with Crippen molar-refractivity contribution in [2.45, 2.75) is 6.54 Å². The topological polar surface area (TPSA) is 94.1 Å². The Morgan fingerprint density at radius 3 is 2.50 bits per heavy atom. The number of carbonyl (C=O) groups excluding carboxylic acids is 2. The molecular weight excluding hydrogens is 406 g/mol. The van der Waals surface area contributed by atoms with Gasteiger partial charge in [-0.2, -0.15) is 0 Å². The van der Waals surface area contributed by atoms with Gasteiger partial charge in [0, 0.05) is 11.0 Å². The smallest absolute Gasteiger partial charge is 0.342 e. The van der Waals surface area contributed by atoms with Gasteiger partial charge < -0.3 is 24.6 Å². The van der Waals surface area contributed by atoms with E-state index in [4.69, 9.17) is 14.2 Å². The van der Waals surface area contributed by atoms with Crippen LogP contribution in [-0.2, 0) is 16.1 Å². The summed E-state index contributed by atoms with van der Waals surface area (Å²) >= 11 is 3.20. The number of carbonyl (C=O) groups is 2. The molecule has 7 nitrogen and oxygen atoms in total. The minimum Gasteiger partial charge on any atom is -0.507 e. The number of rotatable bonds is 7. The maximum absolute atomic E-state index is 11.9. The van der Waals surface area contributed by atoms with Crippen LogP contribution in [0.5, 0.6) is 17.2 Å². The lowest BCUT2D eigenvalue weighted by Gasteiger charge is -2.11. The molecule has 0 saturated heterocycles. The summed E-state index contributed by atoms with van der Waals surface area (Å²) < 4.78 is 15.9. The highest BCUT2D eigenvalue weighted by Gasteiger charge is 2.15. The van der Waals surface area contributed by atoms with Crippen molar-refractivity contribution in [3.05, 3.63) is 52.0 Å². The molecule has 2 aromatic rings. The van der Waals surface area contributed by atoms with E-state index >= 15 is 0 Å². The van der Waals surface area contributed by atoms with Gasteiger partial charge in [0.2, 0.25) is 0 Å². The van der Waals surface area contributed by atoms with E-state index in [9.17, 15) is 14.7 Å². The van der Waals surface area contributed by atoms with Crippen molar-refractivity contribution in [2.24, 2.45) is 0 Å². The number of halogens is 1. The van der Waals surface area contributed by atoms with E-state index in [1.165, 1.54) is 26.4 Å². The van der Waals surface area contributed by atoms with Crippen LogP contribution in [0.4, 0.5) is 0 Å². The zero-order valence-electron chi connectivity index (χ0n) is 14.2. The molecule has 0 bridgehead atoms. The lowest BCUT2D eigenvalue weighted by Crippen LogP contribution is -2.28. The van der Waals surface area contributed by atoms with Crippen LogP contribution in [0.15, 0.2) is 40.9 Å². The van der Waals surface area contributed by atoms with Crippen molar-refractivity contribution in [3.63, 3.8) is 0 Å². The minimum absolute atomic E-state index is 0.0212. The van der Waals surface area contributed by atoms with E-state index < -0.39 is 18.5 Å². The number of benzene rings is 2. The number of ether oxygens (including phenoxy) is 3. The van der Waals surface area contributed by atoms with Crippen LogP contribution >= 0.6 is 15.9 Å². The van der Waals surface area contributed by atoms with Gasteiger partial charge in [0.25, 0.3) is 5.91 Å². The first-order chi connectivity index (χ1) is 12.4. The summed E-state index contributed by atoms with van der Waals surface area (Å²) in [6, 6.07) is 9.62. The maximum atomic E-state index is 11.9. The molecule has 0 aliphatic rings. The van der Waals surface area contributed by atoms with Crippen LogP contribution < -0.4 is 14.8 Å². The lowest BCUT2D eigenvalue weighted by atomic mass is 10.2. The van der Waals surface area contributed by atoms with Crippen molar-refractivity contribution >= 4 is 27.8 Å². The van der Waals surface area contributed by atoms with E-state index in [1.54, 1.807) is 24.3 Å². The summed E-state index contributed by atoms with van der Waals surface area (Å²) in [7, 11) is 3.06. The molecule has 0 saturated carbocycles. The second-order valence-corrected chi connectivity index (χ2v) is 6.12. The van der Waals surface area contributed by atoms with E-state index in [1.807, 2.05) is 0 Å². The number of phenolic OH excluding ortho intramolecular Hbond substituents is 1. The first kappa shape index (κ1) is 19.6. The van der Waals surface area contributed by atoms with Gasteiger partial charge >= 0.3 is 5.97 Å². The molecule has 0 heterocycles. The number of esters is 1. The Balaban J connectivity index is 1.87. The molecule has 0 fully saturated rings. The van der Waals surface area contributed by atoms with Crippen LogP contribution in [0.1, 0.15) is 15.9 Å². The van der Waals surface area contributed by atoms with Crippen LogP contribution in [-0.4, -0.2) is 37.8 Å². The molecular formula is C18H18BrNO6. The first-order valence-corrected chi connectivity index (χ1v) is 8.37. The van der Waals surface area contributed by atoms with Gasteiger partial charge in [-0.15, -0.1) is 0 Å². The monoisotopic (exact) mass is 423 g/mol. The second-order valence-electron chi connectivity index (χ2n) is 5.20. The summed E-state index contributed by atoms with van der Waals surface area (Å²) in [5.74, 6) is -0.335. The number of nitrogens with one attached hydrogen (secondary N) is 1. The van der Waals surface area contributed by atoms with Gasteiger partial charge in [0.05, 0.1) is 14.2 Å². The van der Waals surface area contributed by atoms with Crippen LogP contribution in [0.3, 0.4) is 0 Å². The summed E-state index contributed by atoms with van der Waals surface area (Å²) in [6.07, 6.45) is 0. The largest absolute Gasteiger partial charge is 0.507 e. The summed E-state index contributed by atoms with van der Waals surface area (Å²) in [5, 5.41) is 12.3. The standard InChI is InChI=1S/C18H18BrNO6/c1-24-15-6-3-11(7-16(15)25-2)9-20-17(22)10-26-18(23)13-8-12(19)4-5-14(13)21/h3-8,21H,9-10H2,1-2H3,(H,20,22). The van der Waals surface area contributed by atoms with Crippen LogP contribution in [0.25, 0.3) is 0 Å². The van der Waals surface area contributed by atoms with Gasteiger partial charge in [-0.3, -0.25) is 4.79 Å². The van der Waals surface area contributed by atoms with Crippen molar-refractivity contribution in [1.82, 2.24) is 5.32 Å². The molecule has 8 heteroatoms. The predicted molar refractivity (Wildman–Crippen MR) is 97.5 cm³/mol. The number of amides is 1. The van der Waals surface area contributed by atoms with Crippen molar-refractivity contribution in [1.29, 1.82) is 0 Å². The SMILES string of the molecule is COc1ccc(CNC(=O)COC(=O)c2cc(Br)ccc2O)cc1OC. The van der Waals surface area contributed by atoms with E-state index in [0.717, 1.165) is 5.56 Å². The molecule has 138 valence electrons. The molecule has 0 aromatic heterocycles.